The number of nitrogens with one attached hydrogen (secondary N) is 1. The molecular formula is C14H22N2O2. The van der Waals surface area contributed by atoms with Crippen molar-refractivity contribution in [1.29, 1.82) is 0 Å². The molecule has 1 heterocycles. The van der Waals surface area contributed by atoms with E-state index >= 15 is 0 Å². The fourth-order valence-electron chi connectivity index (χ4n) is 2.22. The zero-order valence-corrected chi connectivity index (χ0v) is 11.3. The van der Waals surface area contributed by atoms with E-state index in [4.69, 9.17) is 4.74 Å². The minimum Gasteiger partial charge on any atom is -0.497 e. The predicted octanol–water partition coefficient (Wildman–Crippen LogP) is 1.40. The van der Waals surface area contributed by atoms with Crippen molar-refractivity contribution in [3.05, 3.63) is 29.8 Å². The third-order valence-electron chi connectivity index (χ3n) is 3.49. The van der Waals surface area contributed by atoms with Gasteiger partial charge < -0.3 is 9.84 Å². The summed E-state index contributed by atoms with van der Waals surface area (Å²) in [6.45, 7) is 5.97. The highest BCUT2D eigenvalue weighted by Crippen LogP contribution is 2.18. The Hall–Kier alpha value is -1.10. The zero-order valence-electron chi connectivity index (χ0n) is 11.3. The summed E-state index contributed by atoms with van der Waals surface area (Å²) in [5, 5.41) is 13.2. The lowest BCUT2D eigenvalue weighted by atomic mass is 10.1. The lowest BCUT2D eigenvalue weighted by molar-refractivity contribution is 0.0162. The molecule has 100 valence electrons. The number of ether oxygens (including phenoxy) is 1. The minimum absolute atomic E-state index is 0.359. The van der Waals surface area contributed by atoms with Crippen LogP contribution < -0.4 is 10.1 Å². The Bertz CT molecular complexity index is 378. The van der Waals surface area contributed by atoms with Gasteiger partial charge in [-0.15, -0.1) is 0 Å². The standard InChI is InChI=1S/C14H22N2O2/c1-10(2)13-9-16(14(17)15-13)8-11-4-6-12(18-3)7-5-11/h4-7,10,13-15,17H,8-9H2,1-3H3. The van der Waals surface area contributed by atoms with Crippen LogP contribution >= 0.6 is 0 Å². The van der Waals surface area contributed by atoms with Gasteiger partial charge in [0, 0.05) is 19.1 Å². The second-order valence-electron chi connectivity index (χ2n) is 5.17. The van der Waals surface area contributed by atoms with Crippen LogP contribution in [-0.4, -0.2) is 36.1 Å². The average Bonchev–Trinajstić information content (AvgIpc) is 2.72. The Morgan fingerprint density at radius 3 is 2.56 bits per heavy atom. The molecule has 0 amide bonds. The molecule has 2 rings (SSSR count). The largest absolute Gasteiger partial charge is 0.497 e. The first-order chi connectivity index (χ1) is 8.60. The van der Waals surface area contributed by atoms with Crippen LogP contribution in [0, 0.1) is 5.92 Å². The van der Waals surface area contributed by atoms with Crippen LogP contribution in [0.5, 0.6) is 5.75 Å². The monoisotopic (exact) mass is 250 g/mol. The molecule has 18 heavy (non-hydrogen) atoms. The number of rotatable bonds is 4. The van der Waals surface area contributed by atoms with E-state index in [1.54, 1.807) is 7.11 Å². The third-order valence-corrected chi connectivity index (χ3v) is 3.49. The van der Waals surface area contributed by atoms with Crippen LogP contribution in [0.15, 0.2) is 24.3 Å². The lowest BCUT2D eigenvalue weighted by Crippen LogP contribution is -2.36. The quantitative estimate of drug-likeness (QED) is 0.848. The van der Waals surface area contributed by atoms with E-state index in [1.807, 2.05) is 29.2 Å². The molecule has 0 saturated carbocycles. The molecule has 1 aliphatic heterocycles. The fraction of sp³-hybridized carbons (Fsp3) is 0.571. The van der Waals surface area contributed by atoms with E-state index in [0.717, 1.165) is 18.8 Å². The summed E-state index contributed by atoms with van der Waals surface area (Å²) in [6.07, 6.45) is -0.542. The third kappa shape index (κ3) is 3.02. The van der Waals surface area contributed by atoms with E-state index in [1.165, 1.54) is 5.56 Å². The first-order valence-corrected chi connectivity index (χ1v) is 6.41. The molecule has 1 fully saturated rings. The Balaban J connectivity index is 1.96. The van der Waals surface area contributed by atoms with Gasteiger partial charge in [0.1, 0.15) is 5.75 Å². The van der Waals surface area contributed by atoms with Crippen LogP contribution in [-0.2, 0) is 6.54 Å². The zero-order chi connectivity index (χ0) is 13.1. The van der Waals surface area contributed by atoms with Gasteiger partial charge in [0.2, 0.25) is 0 Å². The molecule has 2 N–H and O–H groups in total. The van der Waals surface area contributed by atoms with Crippen molar-refractivity contribution in [3.63, 3.8) is 0 Å². The molecule has 0 spiro atoms. The SMILES string of the molecule is COc1ccc(CN2CC(C(C)C)NC2O)cc1. The maximum atomic E-state index is 9.96. The van der Waals surface area contributed by atoms with E-state index < -0.39 is 6.35 Å². The second kappa shape index (κ2) is 5.69. The number of aliphatic hydroxyl groups excluding tert-OH is 1. The molecule has 2 atom stereocenters. The van der Waals surface area contributed by atoms with Crippen molar-refractivity contribution in [2.24, 2.45) is 5.92 Å². The number of aliphatic hydroxyl groups is 1. The summed E-state index contributed by atoms with van der Waals surface area (Å²) in [6, 6.07) is 8.33. The molecular weight excluding hydrogens is 228 g/mol. The maximum absolute atomic E-state index is 9.96. The van der Waals surface area contributed by atoms with Crippen LogP contribution in [0.3, 0.4) is 0 Å². The smallest absolute Gasteiger partial charge is 0.163 e. The van der Waals surface area contributed by atoms with Crippen LogP contribution in [0.2, 0.25) is 0 Å². The van der Waals surface area contributed by atoms with Crippen molar-refractivity contribution < 1.29 is 9.84 Å². The molecule has 0 bridgehead atoms. The summed E-state index contributed by atoms with van der Waals surface area (Å²) >= 11 is 0. The summed E-state index contributed by atoms with van der Waals surface area (Å²) in [7, 11) is 1.66. The molecule has 0 aliphatic carbocycles. The van der Waals surface area contributed by atoms with Gasteiger partial charge in [0.05, 0.1) is 7.11 Å². The number of benzene rings is 1. The molecule has 0 aromatic heterocycles. The van der Waals surface area contributed by atoms with Gasteiger partial charge in [-0.2, -0.15) is 0 Å². The molecule has 1 saturated heterocycles. The summed E-state index contributed by atoms with van der Waals surface area (Å²) in [4.78, 5) is 2.05. The van der Waals surface area contributed by atoms with Gasteiger partial charge in [0.15, 0.2) is 6.35 Å². The molecule has 1 aliphatic rings. The molecule has 0 radical (unpaired) electrons. The summed E-state index contributed by atoms with van der Waals surface area (Å²) in [5.41, 5.74) is 1.18. The predicted molar refractivity (Wildman–Crippen MR) is 71.2 cm³/mol. The van der Waals surface area contributed by atoms with Gasteiger partial charge in [-0.05, 0) is 23.6 Å². The fourth-order valence-corrected chi connectivity index (χ4v) is 2.22. The lowest BCUT2D eigenvalue weighted by Gasteiger charge is -2.19. The normalized spacial score (nSPS) is 24.7. The van der Waals surface area contributed by atoms with Crippen LogP contribution in [0.4, 0.5) is 0 Å². The van der Waals surface area contributed by atoms with E-state index in [2.05, 4.69) is 19.2 Å². The Morgan fingerprint density at radius 1 is 1.39 bits per heavy atom. The average molecular weight is 250 g/mol. The maximum Gasteiger partial charge on any atom is 0.163 e. The molecule has 1 aromatic carbocycles. The van der Waals surface area contributed by atoms with Crippen molar-refractivity contribution in [1.82, 2.24) is 10.2 Å². The number of hydrogen-bond acceptors (Lipinski definition) is 4. The van der Waals surface area contributed by atoms with Crippen molar-refractivity contribution >= 4 is 0 Å². The minimum atomic E-state index is -0.542. The van der Waals surface area contributed by atoms with Gasteiger partial charge in [0.25, 0.3) is 0 Å². The summed E-state index contributed by atoms with van der Waals surface area (Å²) in [5.74, 6) is 1.39. The van der Waals surface area contributed by atoms with E-state index in [-0.39, 0.29) is 0 Å². The van der Waals surface area contributed by atoms with Crippen molar-refractivity contribution in [2.75, 3.05) is 13.7 Å². The first-order valence-electron chi connectivity index (χ1n) is 6.41. The van der Waals surface area contributed by atoms with Crippen LogP contribution in [0.1, 0.15) is 19.4 Å². The highest BCUT2D eigenvalue weighted by atomic mass is 16.5. The highest BCUT2D eigenvalue weighted by Gasteiger charge is 2.31. The first kappa shape index (κ1) is 13.3. The van der Waals surface area contributed by atoms with Gasteiger partial charge in [-0.25, -0.2) is 0 Å². The number of methoxy groups -OCH3 is 1. The van der Waals surface area contributed by atoms with Crippen LogP contribution in [0.25, 0.3) is 0 Å². The Morgan fingerprint density at radius 2 is 2.06 bits per heavy atom. The molecule has 4 nitrogen and oxygen atoms in total. The highest BCUT2D eigenvalue weighted by molar-refractivity contribution is 5.27. The van der Waals surface area contributed by atoms with Gasteiger partial charge in [-0.3, -0.25) is 10.2 Å². The van der Waals surface area contributed by atoms with Crippen molar-refractivity contribution in [2.45, 2.75) is 32.8 Å². The van der Waals surface area contributed by atoms with Gasteiger partial charge >= 0.3 is 0 Å². The molecule has 1 aromatic rings. The van der Waals surface area contributed by atoms with Crippen molar-refractivity contribution in [3.8, 4) is 5.75 Å². The second-order valence-corrected chi connectivity index (χ2v) is 5.17. The summed E-state index contributed by atoms with van der Waals surface area (Å²) < 4.78 is 5.13. The van der Waals surface area contributed by atoms with E-state index in [0.29, 0.717) is 12.0 Å². The topological polar surface area (TPSA) is 44.7 Å². The van der Waals surface area contributed by atoms with Gasteiger partial charge in [-0.1, -0.05) is 26.0 Å². The molecule has 2 unspecified atom stereocenters. The Labute approximate surface area is 109 Å². The molecule has 4 heteroatoms. The number of nitrogens with zero attached hydrogens (tertiary/aromatic N) is 1. The Kier molecular flexibility index (Phi) is 4.22. The van der Waals surface area contributed by atoms with E-state index in [9.17, 15) is 5.11 Å². The number of hydrogen-bond donors (Lipinski definition) is 2.